The van der Waals surface area contributed by atoms with Gasteiger partial charge in [0.25, 0.3) is 0 Å². The van der Waals surface area contributed by atoms with Crippen LogP contribution < -0.4 is 10.7 Å². The molecule has 1 atom stereocenters. The fourth-order valence-corrected chi connectivity index (χ4v) is 4.75. The summed E-state index contributed by atoms with van der Waals surface area (Å²) in [6, 6.07) is 23.6. The molecule has 30 heavy (non-hydrogen) atoms. The van der Waals surface area contributed by atoms with E-state index >= 15 is 0 Å². The van der Waals surface area contributed by atoms with Crippen molar-refractivity contribution in [1.29, 1.82) is 0 Å². The molecule has 1 aliphatic carbocycles. The van der Waals surface area contributed by atoms with E-state index in [1.165, 1.54) is 11.1 Å². The summed E-state index contributed by atoms with van der Waals surface area (Å²) < 4.78 is 1.95. The van der Waals surface area contributed by atoms with Gasteiger partial charge in [0, 0.05) is 23.2 Å². The van der Waals surface area contributed by atoms with Crippen LogP contribution in [0.1, 0.15) is 29.9 Å². The van der Waals surface area contributed by atoms with E-state index in [0.717, 1.165) is 30.3 Å². The summed E-state index contributed by atoms with van der Waals surface area (Å²) >= 11 is 0. The molecule has 0 saturated carbocycles. The smallest absolute Gasteiger partial charge is 0.239 e. The van der Waals surface area contributed by atoms with E-state index in [9.17, 15) is 9.59 Å². The summed E-state index contributed by atoms with van der Waals surface area (Å²) in [5, 5.41) is 4.44. The lowest BCUT2D eigenvalue weighted by atomic mass is 9.83. The van der Waals surface area contributed by atoms with Gasteiger partial charge in [-0.1, -0.05) is 48.5 Å². The summed E-state index contributed by atoms with van der Waals surface area (Å²) in [4.78, 5) is 25.8. The molecule has 0 bridgehead atoms. The summed E-state index contributed by atoms with van der Waals surface area (Å²) in [5.41, 5.74) is 4.36. The fourth-order valence-electron chi connectivity index (χ4n) is 4.75. The van der Waals surface area contributed by atoms with Crippen LogP contribution in [0.3, 0.4) is 0 Å². The van der Waals surface area contributed by atoms with E-state index in [4.69, 9.17) is 0 Å². The maximum atomic E-state index is 12.9. The van der Waals surface area contributed by atoms with E-state index in [1.807, 2.05) is 53.1 Å². The number of amides is 1. The number of rotatable bonds is 4. The largest absolute Gasteiger partial charge is 0.354 e. The van der Waals surface area contributed by atoms with Crippen molar-refractivity contribution in [3.8, 4) is 0 Å². The second-order valence-corrected chi connectivity index (χ2v) is 8.04. The molecule has 150 valence electrons. The third-order valence-corrected chi connectivity index (χ3v) is 6.22. The van der Waals surface area contributed by atoms with Gasteiger partial charge in [-0.15, -0.1) is 0 Å². The minimum absolute atomic E-state index is 0.0108. The molecule has 1 heterocycles. The number of aromatic nitrogens is 1. The van der Waals surface area contributed by atoms with E-state index in [1.54, 1.807) is 0 Å². The van der Waals surface area contributed by atoms with Crippen LogP contribution in [0.15, 0.2) is 77.6 Å². The highest BCUT2D eigenvalue weighted by atomic mass is 16.2. The number of benzene rings is 3. The molecular formula is C26H24N2O2. The Balaban J connectivity index is 1.43. The van der Waals surface area contributed by atoms with Crippen molar-refractivity contribution in [2.24, 2.45) is 0 Å². The second kappa shape index (κ2) is 7.79. The molecule has 1 aromatic heterocycles. The van der Waals surface area contributed by atoms with Crippen LogP contribution in [0, 0.1) is 0 Å². The van der Waals surface area contributed by atoms with Gasteiger partial charge < -0.3 is 9.88 Å². The Morgan fingerprint density at radius 3 is 2.27 bits per heavy atom. The maximum absolute atomic E-state index is 12.9. The Morgan fingerprint density at radius 2 is 1.53 bits per heavy atom. The van der Waals surface area contributed by atoms with Crippen LogP contribution in [0.5, 0.6) is 0 Å². The molecule has 0 radical (unpaired) electrons. The number of pyridine rings is 1. The zero-order valence-electron chi connectivity index (χ0n) is 16.8. The number of hydrogen-bond donors (Lipinski definition) is 1. The van der Waals surface area contributed by atoms with Gasteiger partial charge in [0.05, 0.1) is 11.0 Å². The number of fused-ring (bicyclic) bond motifs is 3. The highest BCUT2D eigenvalue weighted by Crippen LogP contribution is 2.30. The highest BCUT2D eigenvalue weighted by molar-refractivity contribution is 5.94. The van der Waals surface area contributed by atoms with Crippen molar-refractivity contribution in [3.63, 3.8) is 0 Å². The minimum atomic E-state index is -0.0305. The predicted molar refractivity (Wildman–Crippen MR) is 121 cm³/mol. The Hall–Kier alpha value is -3.40. The normalized spacial score (nSPS) is 15.8. The van der Waals surface area contributed by atoms with Crippen LogP contribution in [-0.2, 0) is 17.8 Å². The first-order chi connectivity index (χ1) is 14.7. The molecule has 0 unspecified atom stereocenters. The molecule has 5 rings (SSSR count). The van der Waals surface area contributed by atoms with Crippen molar-refractivity contribution >= 4 is 27.7 Å². The monoisotopic (exact) mass is 396 g/mol. The van der Waals surface area contributed by atoms with Gasteiger partial charge in [0.15, 0.2) is 5.43 Å². The number of nitrogens with one attached hydrogen (secondary N) is 1. The number of para-hydroxylation sites is 2. The number of carbonyl (C=O) groups is 1. The van der Waals surface area contributed by atoms with Gasteiger partial charge in [-0.25, -0.2) is 0 Å². The van der Waals surface area contributed by atoms with Crippen LogP contribution in [-0.4, -0.2) is 17.0 Å². The van der Waals surface area contributed by atoms with E-state index in [2.05, 4.69) is 29.6 Å². The third-order valence-electron chi connectivity index (χ3n) is 6.22. The lowest BCUT2D eigenvalue weighted by Crippen LogP contribution is -2.33. The van der Waals surface area contributed by atoms with Gasteiger partial charge in [-0.3, -0.25) is 9.59 Å². The van der Waals surface area contributed by atoms with Gasteiger partial charge in [0.1, 0.15) is 6.54 Å². The average Bonchev–Trinajstić information content (AvgIpc) is 2.80. The quantitative estimate of drug-likeness (QED) is 0.520. The van der Waals surface area contributed by atoms with Crippen molar-refractivity contribution in [3.05, 3.63) is 94.1 Å². The Labute approximate surface area is 175 Å². The predicted octanol–water partition coefficient (Wildman–Crippen LogP) is 4.39. The zero-order valence-corrected chi connectivity index (χ0v) is 16.8. The van der Waals surface area contributed by atoms with Crippen LogP contribution in [0.2, 0.25) is 0 Å². The van der Waals surface area contributed by atoms with Gasteiger partial charge >= 0.3 is 0 Å². The van der Waals surface area contributed by atoms with Crippen molar-refractivity contribution < 1.29 is 4.79 Å². The maximum Gasteiger partial charge on any atom is 0.239 e. The Morgan fingerprint density at radius 1 is 0.900 bits per heavy atom. The molecule has 0 aliphatic heterocycles. The van der Waals surface area contributed by atoms with E-state index in [-0.39, 0.29) is 17.9 Å². The number of carbonyl (C=O) groups excluding carboxylic acids is 1. The summed E-state index contributed by atoms with van der Waals surface area (Å²) in [6.07, 6.45) is 3.38. The molecule has 3 aromatic carbocycles. The van der Waals surface area contributed by atoms with Gasteiger partial charge in [0.2, 0.25) is 5.91 Å². The molecule has 0 fully saturated rings. The van der Waals surface area contributed by atoms with Crippen molar-refractivity contribution in [1.82, 2.24) is 9.88 Å². The summed E-state index contributed by atoms with van der Waals surface area (Å²) in [7, 11) is 0. The molecule has 4 aromatic rings. The van der Waals surface area contributed by atoms with Gasteiger partial charge in [-0.05, 0) is 54.7 Å². The molecule has 0 saturated heterocycles. The first-order valence-corrected chi connectivity index (χ1v) is 10.6. The average molecular weight is 396 g/mol. The SMILES string of the molecule is O=C(Cn1c2ccccc2c(=O)c2ccccc21)NC[C@@H]1CCCc2ccccc21. The Kier molecular flexibility index (Phi) is 4.83. The number of nitrogens with zero attached hydrogens (tertiary/aromatic N) is 1. The number of hydrogen-bond acceptors (Lipinski definition) is 2. The van der Waals surface area contributed by atoms with Crippen molar-refractivity contribution in [2.75, 3.05) is 6.54 Å². The molecule has 1 aliphatic rings. The lowest BCUT2D eigenvalue weighted by Gasteiger charge is -2.26. The lowest BCUT2D eigenvalue weighted by molar-refractivity contribution is -0.121. The Bertz CT molecular complexity index is 1250. The first-order valence-electron chi connectivity index (χ1n) is 10.6. The third kappa shape index (κ3) is 3.28. The van der Waals surface area contributed by atoms with E-state index < -0.39 is 0 Å². The zero-order chi connectivity index (χ0) is 20.5. The fraction of sp³-hybridized carbons (Fsp3) is 0.231. The van der Waals surface area contributed by atoms with Crippen LogP contribution in [0.25, 0.3) is 21.8 Å². The molecule has 1 amide bonds. The molecular weight excluding hydrogens is 372 g/mol. The number of aryl methyl sites for hydroxylation is 1. The molecule has 4 heteroatoms. The molecule has 0 spiro atoms. The topological polar surface area (TPSA) is 51.1 Å². The summed E-state index contributed by atoms with van der Waals surface area (Å²) in [6.45, 7) is 0.835. The van der Waals surface area contributed by atoms with Crippen LogP contribution in [0.4, 0.5) is 0 Å². The summed E-state index contributed by atoms with van der Waals surface area (Å²) in [5.74, 6) is 0.332. The minimum Gasteiger partial charge on any atom is -0.354 e. The highest BCUT2D eigenvalue weighted by Gasteiger charge is 2.20. The van der Waals surface area contributed by atoms with Crippen LogP contribution >= 0.6 is 0 Å². The second-order valence-electron chi connectivity index (χ2n) is 8.04. The first kappa shape index (κ1) is 18.6. The standard InChI is InChI=1S/C26H24N2O2/c29-25(27-16-19-10-7-9-18-8-1-2-11-20(18)19)17-28-23-14-5-3-12-21(23)26(30)22-13-4-6-15-24(22)28/h1-6,8,11-15,19H,7,9-10,16-17H2,(H,27,29)/t19-/m0/s1. The molecule has 4 nitrogen and oxygen atoms in total. The van der Waals surface area contributed by atoms with E-state index in [0.29, 0.717) is 23.2 Å². The van der Waals surface area contributed by atoms with Gasteiger partial charge in [-0.2, -0.15) is 0 Å². The molecule has 1 N–H and O–H groups in total. The van der Waals surface area contributed by atoms with Crippen molar-refractivity contribution in [2.45, 2.75) is 31.7 Å².